The SMILES string of the molecule is CCOC(=O)N1CCN(C(=O)CNC(=O)CC(CC)c2ccc(F)cc2)CC1. The summed E-state index contributed by atoms with van der Waals surface area (Å²) in [7, 11) is 0. The van der Waals surface area contributed by atoms with Crippen LogP contribution in [-0.4, -0.2) is 67.0 Å². The van der Waals surface area contributed by atoms with Gasteiger partial charge in [0.25, 0.3) is 0 Å². The van der Waals surface area contributed by atoms with Gasteiger partial charge in [-0.05, 0) is 37.0 Å². The molecule has 1 aromatic carbocycles. The van der Waals surface area contributed by atoms with E-state index in [1.54, 1.807) is 28.9 Å². The third-order valence-electron chi connectivity index (χ3n) is 4.86. The molecule has 7 nitrogen and oxygen atoms in total. The average Bonchev–Trinajstić information content (AvgIpc) is 2.71. The van der Waals surface area contributed by atoms with Crippen molar-refractivity contribution in [1.29, 1.82) is 0 Å². The molecule has 8 heteroatoms. The lowest BCUT2D eigenvalue weighted by Gasteiger charge is -2.34. The molecule has 1 fully saturated rings. The van der Waals surface area contributed by atoms with Crippen molar-refractivity contribution in [2.45, 2.75) is 32.6 Å². The van der Waals surface area contributed by atoms with Crippen LogP contribution in [0.1, 0.15) is 38.2 Å². The molecule has 1 aliphatic heterocycles. The molecule has 1 unspecified atom stereocenters. The quantitative estimate of drug-likeness (QED) is 0.770. The Morgan fingerprint density at radius 1 is 1.07 bits per heavy atom. The second-order valence-corrected chi connectivity index (χ2v) is 6.70. The van der Waals surface area contributed by atoms with Crippen LogP contribution in [0.5, 0.6) is 0 Å². The fourth-order valence-corrected chi connectivity index (χ4v) is 3.17. The Hall–Kier alpha value is -2.64. The summed E-state index contributed by atoms with van der Waals surface area (Å²) in [5.41, 5.74) is 0.903. The summed E-state index contributed by atoms with van der Waals surface area (Å²) in [5, 5.41) is 2.67. The van der Waals surface area contributed by atoms with Crippen LogP contribution in [0.15, 0.2) is 24.3 Å². The van der Waals surface area contributed by atoms with Crippen molar-refractivity contribution in [2.24, 2.45) is 0 Å². The van der Waals surface area contributed by atoms with Gasteiger partial charge in [-0.25, -0.2) is 9.18 Å². The molecule has 0 radical (unpaired) electrons. The number of carbonyl (C=O) groups is 3. The van der Waals surface area contributed by atoms with Gasteiger partial charge in [-0.1, -0.05) is 19.1 Å². The van der Waals surface area contributed by atoms with Gasteiger partial charge in [0.05, 0.1) is 13.2 Å². The van der Waals surface area contributed by atoms with Gasteiger partial charge >= 0.3 is 6.09 Å². The lowest BCUT2D eigenvalue weighted by Crippen LogP contribution is -2.52. The molecule has 1 aromatic rings. The van der Waals surface area contributed by atoms with Crippen molar-refractivity contribution >= 4 is 17.9 Å². The Balaban J connectivity index is 1.75. The summed E-state index contributed by atoms with van der Waals surface area (Å²) < 4.78 is 18.0. The van der Waals surface area contributed by atoms with E-state index in [0.29, 0.717) is 32.8 Å². The molecule has 0 saturated carbocycles. The Morgan fingerprint density at radius 3 is 2.25 bits per heavy atom. The van der Waals surface area contributed by atoms with Crippen LogP contribution in [-0.2, 0) is 14.3 Å². The molecule has 1 saturated heterocycles. The second-order valence-electron chi connectivity index (χ2n) is 6.70. The van der Waals surface area contributed by atoms with Gasteiger partial charge in [-0.15, -0.1) is 0 Å². The number of nitrogens with zero attached hydrogens (tertiary/aromatic N) is 2. The Labute approximate surface area is 164 Å². The van der Waals surface area contributed by atoms with Crippen molar-refractivity contribution < 1.29 is 23.5 Å². The molecule has 0 bridgehead atoms. The van der Waals surface area contributed by atoms with Crippen LogP contribution in [0.2, 0.25) is 0 Å². The maximum absolute atomic E-state index is 13.1. The zero-order chi connectivity index (χ0) is 20.5. The molecule has 1 atom stereocenters. The third kappa shape index (κ3) is 6.21. The molecule has 1 heterocycles. The highest BCUT2D eigenvalue weighted by Crippen LogP contribution is 2.23. The minimum absolute atomic E-state index is 0.0242. The smallest absolute Gasteiger partial charge is 0.409 e. The van der Waals surface area contributed by atoms with Crippen LogP contribution >= 0.6 is 0 Å². The number of rotatable bonds is 7. The number of benzene rings is 1. The highest BCUT2D eigenvalue weighted by Gasteiger charge is 2.25. The lowest BCUT2D eigenvalue weighted by atomic mass is 9.93. The Bertz CT molecular complexity index is 673. The van der Waals surface area contributed by atoms with Crippen molar-refractivity contribution in [1.82, 2.24) is 15.1 Å². The van der Waals surface area contributed by atoms with Crippen LogP contribution in [0, 0.1) is 5.82 Å². The van der Waals surface area contributed by atoms with Gasteiger partial charge in [0, 0.05) is 32.6 Å². The van der Waals surface area contributed by atoms with E-state index < -0.39 is 0 Å². The van der Waals surface area contributed by atoms with Gasteiger partial charge in [0.15, 0.2) is 0 Å². The zero-order valence-electron chi connectivity index (χ0n) is 16.4. The fourth-order valence-electron chi connectivity index (χ4n) is 3.17. The summed E-state index contributed by atoms with van der Waals surface area (Å²) in [6.45, 7) is 5.64. The highest BCUT2D eigenvalue weighted by atomic mass is 19.1. The molecule has 3 amide bonds. The van der Waals surface area contributed by atoms with Gasteiger partial charge in [0.1, 0.15) is 5.82 Å². The number of halogens is 1. The van der Waals surface area contributed by atoms with Crippen LogP contribution in [0.25, 0.3) is 0 Å². The highest BCUT2D eigenvalue weighted by molar-refractivity contribution is 5.85. The average molecular weight is 393 g/mol. The Kier molecular flexibility index (Phi) is 8.22. The molecule has 28 heavy (non-hydrogen) atoms. The fraction of sp³-hybridized carbons (Fsp3) is 0.550. The van der Waals surface area contributed by atoms with Crippen molar-refractivity contribution in [3.63, 3.8) is 0 Å². The molecule has 1 aliphatic rings. The van der Waals surface area contributed by atoms with Gasteiger partial charge < -0.3 is 19.9 Å². The topological polar surface area (TPSA) is 79.0 Å². The van der Waals surface area contributed by atoms with E-state index in [1.165, 1.54) is 12.1 Å². The number of hydrogen-bond donors (Lipinski definition) is 1. The molecular formula is C20H28FN3O4. The molecule has 1 N–H and O–H groups in total. The summed E-state index contributed by atoms with van der Waals surface area (Å²) >= 11 is 0. The summed E-state index contributed by atoms with van der Waals surface area (Å²) in [5.74, 6) is -0.720. The number of nitrogens with one attached hydrogen (secondary N) is 1. The predicted molar refractivity (Wildman–Crippen MR) is 102 cm³/mol. The predicted octanol–water partition coefficient (Wildman–Crippen LogP) is 2.13. The van der Waals surface area contributed by atoms with Crippen molar-refractivity contribution in [3.05, 3.63) is 35.6 Å². The van der Waals surface area contributed by atoms with E-state index in [9.17, 15) is 18.8 Å². The molecule has 2 rings (SSSR count). The zero-order valence-corrected chi connectivity index (χ0v) is 16.4. The minimum Gasteiger partial charge on any atom is -0.450 e. The standard InChI is InChI=1S/C20H28FN3O4/c1-3-15(16-5-7-17(21)8-6-16)13-18(25)22-14-19(26)23-9-11-24(12-10-23)20(27)28-4-2/h5-8,15H,3-4,9-14H2,1-2H3,(H,22,25). The first-order valence-corrected chi connectivity index (χ1v) is 9.66. The van der Waals surface area contributed by atoms with Crippen LogP contribution in [0.3, 0.4) is 0 Å². The van der Waals surface area contributed by atoms with E-state index in [-0.39, 0.29) is 42.6 Å². The number of ether oxygens (including phenoxy) is 1. The minimum atomic E-state index is -0.366. The summed E-state index contributed by atoms with van der Waals surface area (Å²) in [4.78, 5) is 39.4. The van der Waals surface area contributed by atoms with Crippen LogP contribution < -0.4 is 5.32 Å². The number of amides is 3. The number of carbonyl (C=O) groups excluding carboxylic acids is 3. The molecule has 0 aliphatic carbocycles. The third-order valence-corrected chi connectivity index (χ3v) is 4.86. The summed E-state index contributed by atoms with van der Waals surface area (Å²) in [6.07, 6.45) is 0.615. The second kappa shape index (κ2) is 10.6. The van der Waals surface area contributed by atoms with E-state index in [4.69, 9.17) is 4.74 Å². The normalized spacial score (nSPS) is 15.1. The van der Waals surface area contributed by atoms with Gasteiger partial charge in [-0.3, -0.25) is 9.59 Å². The number of hydrogen-bond acceptors (Lipinski definition) is 4. The largest absolute Gasteiger partial charge is 0.450 e. The number of piperazine rings is 1. The van der Waals surface area contributed by atoms with E-state index in [0.717, 1.165) is 12.0 Å². The first-order valence-electron chi connectivity index (χ1n) is 9.66. The maximum Gasteiger partial charge on any atom is 0.409 e. The molecular weight excluding hydrogens is 365 g/mol. The summed E-state index contributed by atoms with van der Waals surface area (Å²) in [6, 6.07) is 6.14. The monoisotopic (exact) mass is 393 g/mol. The van der Waals surface area contributed by atoms with Crippen molar-refractivity contribution in [2.75, 3.05) is 39.3 Å². The van der Waals surface area contributed by atoms with E-state index >= 15 is 0 Å². The first kappa shape index (κ1) is 21.7. The van der Waals surface area contributed by atoms with E-state index in [1.807, 2.05) is 6.92 Å². The maximum atomic E-state index is 13.1. The lowest BCUT2D eigenvalue weighted by molar-refractivity contribution is -0.134. The van der Waals surface area contributed by atoms with Gasteiger partial charge in [-0.2, -0.15) is 0 Å². The molecule has 0 spiro atoms. The first-order chi connectivity index (χ1) is 13.4. The molecule has 0 aromatic heterocycles. The molecule has 154 valence electrons. The van der Waals surface area contributed by atoms with Gasteiger partial charge in [0.2, 0.25) is 11.8 Å². The Morgan fingerprint density at radius 2 is 1.68 bits per heavy atom. The van der Waals surface area contributed by atoms with Crippen molar-refractivity contribution in [3.8, 4) is 0 Å². The van der Waals surface area contributed by atoms with Crippen LogP contribution in [0.4, 0.5) is 9.18 Å². The van der Waals surface area contributed by atoms with E-state index in [2.05, 4.69) is 5.32 Å².